The fourth-order valence-corrected chi connectivity index (χ4v) is 4.48. The van der Waals surface area contributed by atoms with Gasteiger partial charge in [-0.05, 0) is 68.0 Å². The molecule has 1 saturated heterocycles. The van der Waals surface area contributed by atoms with E-state index in [0.29, 0.717) is 0 Å². The number of anilines is 2. The van der Waals surface area contributed by atoms with Gasteiger partial charge in [-0.1, -0.05) is 30.3 Å². The van der Waals surface area contributed by atoms with Gasteiger partial charge in [-0.2, -0.15) is 0 Å². The summed E-state index contributed by atoms with van der Waals surface area (Å²) in [6.45, 7) is 5.95. The van der Waals surface area contributed by atoms with E-state index in [9.17, 15) is 9.59 Å². The van der Waals surface area contributed by atoms with E-state index in [1.165, 1.54) is 12.5 Å². The minimum Gasteiger partial charge on any atom is -0.357 e. The zero-order valence-electron chi connectivity index (χ0n) is 19.4. The van der Waals surface area contributed by atoms with Crippen LogP contribution >= 0.6 is 0 Å². The number of benzene rings is 2. The van der Waals surface area contributed by atoms with Crippen LogP contribution in [0, 0.1) is 12.8 Å². The van der Waals surface area contributed by atoms with Crippen molar-refractivity contribution < 1.29 is 9.59 Å². The number of nitrogens with zero attached hydrogens (tertiary/aromatic N) is 2. The van der Waals surface area contributed by atoms with Crippen LogP contribution in [-0.2, 0) is 16.0 Å². The van der Waals surface area contributed by atoms with Gasteiger partial charge in [-0.25, -0.2) is 4.98 Å². The normalized spacial score (nSPS) is 14.3. The number of hydrogen-bond acceptors (Lipinski definition) is 4. The maximum absolute atomic E-state index is 12.6. The molecule has 6 heteroatoms. The maximum Gasteiger partial charge on any atom is 0.223 e. The number of carbonyl (C=O) groups is 2. The molecule has 0 aliphatic carbocycles. The summed E-state index contributed by atoms with van der Waals surface area (Å²) in [7, 11) is 0. The lowest BCUT2D eigenvalue weighted by molar-refractivity contribution is -0.125. The summed E-state index contributed by atoms with van der Waals surface area (Å²) in [5.74, 6) is 1.12. The van der Waals surface area contributed by atoms with Crippen LogP contribution in [0.5, 0.6) is 0 Å². The Bertz CT molecular complexity index is 1120. The van der Waals surface area contributed by atoms with Crippen LogP contribution in [0.4, 0.5) is 11.5 Å². The molecule has 2 N–H and O–H groups in total. The standard InChI is InChI=1S/C27H32N4O2/c1-19-17-26(30-25-11-10-23(18-24(19)25)29-20(2)32)31-15-12-22(13-16-31)27(33)28-14-6-9-21-7-4-3-5-8-21/h3-5,7-8,10-11,17-18,22H,6,9,12-16H2,1-2H3,(H,28,33)(H,29,32). The van der Waals surface area contributed by atoms with Crippen molar-refractivity contribution in [3.63, 3.8) is 0 Å². The van der Waals surface area contributed by atoms with E-state index in [1.807, 2.05) is 24.3 Å². The van der Waals surface area contributed by atoms with Crippen molar-refractivity contribution in [2.45, 2.75) is 39.5 Å². The van der Waals surface area contributed by atoms with Crippen LogP contribution in [0.3, 0.4) is 0 Å². The topological polar surface area (TPSA) is 74.3 Å². The fourth-order valence-electron chi connectivity index (χ4n) is 4.48. The summed E-state index contributed by atoms with van der Waals surface area (Å²) >= 11 is 0. The Morgan fingerprint density at radius 3 is 2.55 bits per heavy atom. The average molecular weight is 445 g/mol. The van der Waals surface area contributed by atoms with Gasteiger partial charge in [0.15, 0.2) is 0 Å². The zero-order valence-corrected chi connectivity index (χ0v) is 19.4. The van der Waals surface area contributed by atoms with Gasteiger partial charge in [-0.15, -0.1) is 0 Å². The molecule has 1 fully saturated rings. The number of pyridine rings is 1. The zero-order chi connectivity index (χ0) is 23.2. The third-order valence-corrected chi connectivity index (χ3v) is 6.30. The average Bonchev–Trinajstić information content (AvgIpc) is 2.82. The molecule has 0 radical (unpaired) electrons. The predicted molar refractivity (Wildman–Crippen MR) is 133 cm³/mol. The molecule has 0 spiro atoms. The lowest BCUT2D eigenvalue weighted by atomic mass is 9.95. The molecule has 2 aromatic carbocycles. The first kappa shape index (κ1) is 22.8. The molecule has 1 aromatic heterocycles. The SMILES string of the molecule is CC(=O)Nc1ccc2nc(N3CCC(C(=O)NCCCc4ccccc4)CC3)cc(C)c2c1. The summed E-state index contributed by atoms with van der Waals surface area (Å²) in [6, 6.07) is 18.3. The smallest absolute Gasteiger partial charge is 0.223 e. The third-order valence-electron chi connectivity index (χ3n) is 6.30. The number of piperidine rings is 1. The molecule has 172 valence electrons. The van der Waals surface area contributed by atoms with Crippen molar-refractivity contribution >= 4 is 34.2 Å². The lowest BCUT2D eigenvalue weighted by Gasteiger charge is -2.32. The predicted octanol–water partition coefficient (Wildman–Crippen LogP) is 4.47. The molecule has 2 amide bonds. The first-order valence-corrected chi connectivity index (χ1v) is 11.7. The van der Waals surface area contributed by atoms with E-state index >= 15 is 0 Å². The largest absolute Gasteiger partial charge is 0.357 e. The van der Waals surface area contributed by atoms with E-state index in [2.05, 4.69) is 52.8 Å². The highest BCUT2D eigenvalue weighted by Crippen LogP contribution is 2.28. The highest BCUT2D eigenvalue weighted by molar-refractivity contribution is 5.93. The van der Waals surface area contributed by atoms with Crippen molar-refractivity contribution in [2.75, 3.05) is 29.9 Å². The number of carbonyl (C=O) groups excluding carboxylic acids is 2. The fraction of sp³-hybridized carbons (Fsp3) is 0.370. The highest BCUT2D eigenvalue weighted by Gasteiger charge is 2.25. The second kappa shape index (κ2) is 10.5. The molecular formula is C27H32N4O2. The Kier molecular flexibility index (Phi) is 7.23. The Balaban J connectivity index is 1.29. The molecular weight excluding hydrogens is 412 g/mol. The van der Waals surface area contributed by atoms with E-state index in [1.54, 1.807) is 0 Å². The highest BCUT2D eigenvalue weighted by atomic mass is 16.2. The second-order valence-electron chi connectivity index (χ2n) is 8.85. The molecule has 1 aliphatic rings. The molecule has 1 aliphatic heterocycles. The Hall–Kier alpha value is -3.41. The molecule has 2 heterocycles. The number of amides is 2. The van der Waals surface area contributed by atoms with Crippen LogP contribution < -0.4 is 15.5 Å². The lowest BCUT2D eigenvalue weighted by Crippen LogP contribution is -2.41. The van der Waals surface area contributed by atoms with Crippen LogP contribution in [0.1, 0.15) is 37.3 Å². The minimum atomic E-state index is -0.0836. The van der Waals surface area contributed by atoms with Gasteiger partial charge < -0.3 is 15.5 Å². The van der Waals surface area contributed by atoms with Gasteiger partial charge in [0, 0.05) is 43.5 Å². The van der Waals surface area contributed by atoms with E-state index in [4.69, 9.17) is 4.98 Å². The minimum absolute atomic E-state index is 0.0692. The quantitative estimate of drug-likeness (QED) is 0.528. The molecule has 33 heavy (non-hydrogen) atoms. The van der Waals surface area contributed by atoms with Gasteiger partial charge in [0.05, 0.1) is 5.52 Å². The maximum atomic E-state index is 12.6. The summed E-state index contributed by atoms with van der Waals surface area (Å²) < 4.78 is 0. The van der Waals surface area contributed by atoms with Gasteiger partial charge in [0.25, 0.3) is 0 Å². The van der Waals surface area contributed by atoms with Crippen molar-refractivity contribution in [3.8, 4) is 0 Å². The Morgan fingerprint density at radius 2 is 1.82 bits per heavy atom. The van der Waals surface area contributed by atoms with E-state index in [-0.39, 0.29) is 17.7 Å². The summed E-state index contributed by atoms with van der Waals surface area (Å²) in [4.78, 5) is 31.1. The van der Waals surface area contributed by atoms with Crippen molar-refractivity contribution in [1.82, 2.24) is 10.3 Å². The molecule has 4 rings (SSSR count). The van der Waals surface area contributed by atoms with Crippen LogP contribution in [-0.4, -0.2) is 36.4 Å². The van der Waals surface area contributed by atoms with Crippen LogP contribution in [0.2, 0.25) is 0 Å². The van der Waals surface area contributed by atoms with Gasteiger partial charge in [-0.3, -0.25) is 9.59 Å². The number of fused-ring (bicyclic) bond motifs is 1. The summed E-state index contributed by atoms with van der Waals surface area (Å²) in [6.07, 6.45) is 3.62. The second-order valence-corrected chi connectivity index (χ2v) is 8.85. The molecule has 0 bridgehead atoms. The van der Waals surface area contributed by atoms with Gasteiger partial charge >= 0.3 is 0 Å². The molecule has 0 saturated carbocycles. The number of aryl methyl sites for hydroxylation is 2. The Labute approximate surface area is 195 Å². The van der Waals surface area contributed by atoms with E-state index < -0.39 is 0 Å². The Morgan fingerprint density at radius 1 is 1.06 bits per heavy atom. The molecule has 0 unspecified atom stereocenters. The van der Waals surface area contributed by atoms with Crippen molar-refractivity contribution in [2.24, 2.45) is 5.92 Å². The summed E-state index contributed by atoms with van der Waals surface area (Å²) in [5, 5.41) is 6.99. The van der Waals surface area contributed by atoms with Crippen molar-refractivity contribution in [3.05, 3.63) is 65.7 Å². The van der Waals surface area contributed by atoms with Crippen molar-refractivity contribution in [1.29, 1.82) is 0 Å². The molecule has 3 aromatic rings. The number of rotatable bonds is 7. The van der Waals surface area contributed by atoms with Crippen LogP contribution in [0.25, 0.3) is 10.9 Å². The molecule has 0 atom stereocenters. The number of aromatic nitrogens is 1. The number of nitrogens with one attached hydrogen (secondary N) is 2. The molecule has 6 nitrogen and oxygen atoms in total. The van der Waals surface area contributed by atoms with Crippen LogP contribution in [0.15, 0.2) is 54.6 Å². The van der Waals surface area contributed by atoms with Gasteiger partial charge in [0.2, 0.25) is 11.8 Å². The first-order valence-electron chi connectivity index (χ1n) is 11.7. The van der Waals surface area contributed by atoms with E-state index in [0.717, 1.165) is 73.3 Å². The first-order chi connectivity index (χ1) is 16.0. The third kappa shape index (κ3) is 5.89. The summed E-state index contributed by atoms with van der Waals surface area (Å²) in [5.41, 5.74) is 4.13. The monoisotopic (exact) mass is 444 g/mol. The van der Waals surface area contributed by atoms with Gasteiger partial charge in [0.1, 0.15) is 5.82 Å². The number of hydrogen-bond donors (Lipinski definition) is 2.